The highest BCUT2D eigenvalue weighted by Gasteiger charge is 2.18. The maximum absolute atomic E-state index is 10.5. The van der Waals surface area contributed by atoms with Crippen molar-refractivity contribution in [1.82, 2.24) is 0 Å². The topological polar surface area (TPSA) is 133 Å². The molecule has 24 heavy (non-hydrogen) atoms. The Hall–Kier alpha value is -2.58. The molecule has 0 bridgehead atoms. The number of hydrogen-bond donors (Lipinski definition) is 2. The molecule has 0 atom stereocenters. The predicted molar refractivity (Wildman–Crippen MR) is 91.8 cm³/mol. The number of hydrogen-bond acceptors (Lipinski definition) is 6. The number of nitrogen functional groups attached to an aromatic ring is 1. The minimum absolute atomic E-state index is 0.0373. The van der Waals surface area contributed by atoms with Crippen LogP contribution < -0.4 is 5.73 Å². The van der Waals surface area contributed by atoms with Crippen LogP contribution in [-0.4, -0.2) is 15.0 Å². The summed E-state index contributed by atoms with van der Waals surface area (Å²) >= 11 is 11.1. The molecule has 0 aromatic heterocycles. The van der Waals surface area contributed by atoms with Crippen LogP contribution in [0.25, 0.3) is 0 Å². The van der Waals surface area contributed by atoms with Gasteiger partial charge in [-0.05, 0) is 38.1 Å². The van der Waals surface area contributed by atoms with Gasteiger partial charge < -0.3 is 10.8 Å². The van der Waals surface area contributed by atoms with Crippen LogP contribution in [0.3, 0.4) is 0 Å². The lowest BCUT2D eigenvalue weighted by Gasteiger charge is -2.01. The number of phenols is 1. The number of nitrogens with two attached hydrogens (primary N) is 1. The molecule has 0 fully saturated rings. The second-order valence-corrected chi connectivity index (χ2v) is 5.48. The first-order valence-corrected chi connectivity index (χ1v) is 7.15. The first kappa shape index (κ1) is 19.5. The zero-order chi connectivity index (χ0) is 18.6. The molecule has 0 spiro atoms. The number of phenolic OH excluding ortho intramolecular Hbond substituents is 1. The lowest BCUT2D eigenvalue weighted by molar-refractivity contribution is -0.385. The maximum atomic E-state index is 10.5. The minimum atomic E-state index is -0.614. The molecule has 0 aliphatic carbocycles. The summed E-state index contributed by atoms with van der Waals surface area (Å²) in [6.07, 6.45) is 0. The minimum Gasteiger partial charge on any atom is -0.507 e. The van der Waals surface area contributed by atoms with Crippen molar-refractivity contribution in [3.05, 3.63) is 65.7 Å². The van der Waals surface area contributed by atoms with Gasteiger partial charge in [0.15, 0.2) is 0 Å². The normalized spacial score (nSPS) is 9.83. The van der Waals surface area contributed by atoms with Gasteiger partial charge in [0.2, 0.25) is 0 Å². The zero-order valence-corrected chi connectivity index (χ0v) is 14.1. The van der Waals surface area contributed by atoms with Gasteiger partial charge in [0.05, 0.1) is 21.0 Å². The summed E-state index contributed by atoms with van der Waals surface area (Å²) in [7, 11) is 0. The standard InChI is InChI=1S/C7H7ClN2O2.C7H6ClNO3/c1-4-6(9)3-2-5(8)7(4)10(11)12;1-4-6(10)3-2-5(8)7(4)9(11)12/h2-3H,9H2,1H3;2-3,10H,1H3. The van der Waals surface area contributed by atoms with Crippen molar-refractivity contribution in [3.8, 4) is 5.75 Å². The van der Waals surface area contributed by atoms with Crippen molar-refractivity contribution in [3.63, 3.8) is 0 Å². The van der Waals surface area contributed by atoms with E-state index < -0.39 is 9.85 Å². The second-order valence-electron chi connectivity index (χ2n) is 4.66. The molecule has 0 heterocycles. The highest BCUT2D eigenvalue weighted by Crippen LogP contribution is 2.33. The van der Waals surface area contributed by atoms with Gasteiger partial charge >= 0.3 is 0 Å². The average molecular weight is 374 g/mol. The fraction of sp³-hybridized carbons (Fsp3) is 0.143. The third-order valence-corrected chi connectivity index (χ3v) is 3.75. The van der Waals surface area contributed by atoms with E-state index in [1.54, 1.807) is 13.0 Å². The Morgan fingerprint density at radius 3 is 1.71 bits per heavy atom. The molecular formula is C14H13Cl2N3O5. The van der Waals surface area contributed by atoms with Crippen LogP contribution in [0.2, 0.25) is 10.0 Å². The summed E-state index contributed by atoms with van der Waals surface area (Å²) in [4.78, 5) is 19.7. The van der Waals surface area contributed by atoms with Gasteiger partial charge in [-0.2, -0.15) is 0 Å². The lowest BCUT2D eigenvalue weighted by Crippen LogP contribution is -1.97. The molecule has 10 heteroatoms. The van der Waals surface area contributed by atoms with Gasteiger partial charge in [-0.3, -0.25) is 20.2 Å². The molecule has 3 N–H and O–H groups in total. The summed E-state index contributed by atoms with van der Waals surface area (Å²) in [5, 5.41) is 30.1. The Balaban J connectivity index is 0.000000240. The molecule has 0 aliphatic heterocycles. The first-order chi connectivity index (χ1) is 11.1. The Bertz CT molecular complexity index is 744. The van der Waals surface area contributed by atoms with Crippen LogP contribution >= 0.6 is 23.2 Å². The zero-order valence-electron chi connectivity index (χ0n) is 12.6. The van der Waals surface area contributed by atoms with Crippen LogP contribution in [0.15, 0.2) is 24.3 Å². The van der Waals surface area contributed by atoms with E-state index in [1.165, 1.54) is 25.1 Å². The highest BCUT2D eigenvalue weighted by molar-refractivity contribution is 6.33. The number of aromatic hydroxyl groups is 1. The summed E-state index contributed by atoms with van der Waals surface area (Å²) in [6, 6.07) is 5.58. The van der Waals surface area contributed by atoms with Crippen molar-refractivity contribution in [2.45, 2.75) is 13.8 Å². The van der Waals surface area contributed by atoms with Crippen molar-refractivity contribution in [1.29, 1.82) is 0 Å². The monoisotopic (exact) mass is 373 g/mol. The molecule has 2 aromatic rings. The van der Waals surface area contributed by atoms with E-state index in [-0.39, 0.29) is 32.7 Å². The number of nitrogens with zero attached hydrogens (tertiary/aromatic N) is 2. The number of nitro groups is 2. The van der Waals surface area contributed by atoms with Crippen LogP contribution in [0.1, 0.15) is 11.1 Å². The van der Waals surface area contributed by atoms with E-state index in [4.69, 9.17) is 34.0 Å². The highest BCUT2D eigenvalue weighted by atomic mass is 35.5. The fourth-order valence-electron chi connectivity index (χ4n) is 1.79. The van der Waals surface area contributed by atoms with E-state index in [0.717, 1.165) is 0 Å². The van der Waals surface area contributed by atoms with Crippen molar-refractivity contribution >= 4 is 40.3 Å². The predicted octanol–water partition coefficient (Wildman–Crippen LogP) is 4.40. The molecule has 0 radical (unpaired) electrons. The molecule has 0 saturated heterocycles. The van der Waals surface area contributed by atoms with Crippen LogP contribution in [-0.2, 0) is 0 Å². The Morgan fingerprint density at radius 2 is 1.33 bits per heavy atom. The van der Waals surface area contributed by atoms with Crippen molar-refractivity contribution in [2.75, 3.05) is 5.73 Å². The smallest absolute Gasteiger partial charge is 0.294 e. The number of rotatable bonds is 2. The average Bonchev–Trinajstić information content (AvgIpc) is 2.48. The molecule has 0 saturated carbocycles. The SMILES string of the molecule is Cc1c(N)ccc(Cl)c1[N+](=O)[O-].Cc1c(O)ccc(Cl)c1[N+](=O)[O-]. The summed E-state index contributed by atoms with van der Waals surface area (Å²) < 4.78 is 0. The summed E-state index contributed by atoms with van der Waals surface area (Å²) in [6.45, 7) is 3.01. The third kappa shape index (κ3) is 4.24. The molecular weight excluding hydrogens is 361 g/mol. The fourth-order valence-corrected chi connectivity index (χ4v) is 2.33. The van der Waals surface area contributed by atoms with E-state index in [2.05, 4.69) is 0 Å². The number of halogens is 2. The van der Waals surface area contributed by atoms with Crippen molar-refractivity contribution in [2.24, 2.45) is 0 Å². The third-order valence-electron chi connectivity index (χ3n) is 3.14. The molecule has 0 amide bonds. The van der Waals surface area contributed by atoms with E-state index >= 15 is 0 Å². The molecule has 0 unspecified atom stereocenters. The second kappa shape index (κ2) is 7.80. The van der Waals surface area contributed by atoms with Crippen LogP contribution in [0.5, 0.6) is 5.75 Å². The van der Waals surface area contributed by atoms with Crippen LogP contribution in [0.4, 0.5) is 17.1 Å². The van der Waals surface area contributed by atoms with Gasteiger partial charge in [-0.1, -0.05) is 23.2 Å². The van der Waals surface area contributed by atoms with Gasteiger partial charge in [-0.25, -0.2) is 0 Å². The van der Waals surface area contributed by atoms with Gasteiger partial charge in [0.25, 0.3) is 11.4 Å². The van der Waals surface area contributed by atoms with E-state index in [1.807, 2.05) is 0 Å². The van der Waals surface area contributed by atoms with Gasteiger partial charge in [0.1, 0.15) is 15.8 Å². The lowest BCUT2D eigenvalue weighted by atomic mass is 10.1. The van der Waals surface area contributed by atoms with E-state index in [9.17, 15) is 20.2 Å². The largest absolute Gasteiger partial charge is 0.507 e. The molecule has 128 valence electrons. The Labute approximate surface area is 146 Å². The first-order valence-electron chi connectivity index (χ1n) is 6.39. The van der Waals surface area contributed by atoms with E-state index in [0.29, 0.717) is 11.3 Å². The maximum Gasteiger partial charge on any atom is 0.294 e. The molecule has 8 nitrogen and oxygen atoms in total. The number of nitro benzene ring substituents is 2. The quantitative estimate of drug-likeness (QED) is 0.455. The molecule has 2 aromatic carbocycles. The number of benzene rings is 2. The summed E-state index contributed by atoms with van der Waals surface area (Å²) in [5.74, 6) is -0.119. The molecule has 2 rings (SSSR count). The molecule has 0 aliphatic rings. The Morgan fingerprint density at radius 1 is 0.917 bits per heavy atom. The van der Waals surface area contributed by atoms with Gasteiger partial charge in [-0.15, -0.1) is 0 Å². The van der Waals surface area contributed by atoms with Gasteiger partial charge in [0, 0.05) is 5.69 Å². The Kier molecular flexibility index (Phi) is 6.33. The van der Waals surface area contributed by atoms with Crippen molar-refractivity contribution < 1.29 is 15.0 Å². The summed E-state index contributed by atoms with van der Waals surface area (Å²) in [5.41, 5.74) is 6.09. The number of anilines is 1. The van der Waals surface area contributed by atoms with Crippen LogP contribution in [0, 0.1) is 34.1 Å².